The minimum Gasteiger partial charge on any atom is -0.480 e. The number of nitrogens with zero attached hydrogens (tertiary/aromatic N) is 1. The Morgan fingerprint density at radius 1 is 1.03 bits per heavy atom. The van der Waals surface area contributed by atoms with Crippen molar-refractivity contribution in [3.05, 3.63) is 80.9 Å². The van der Waals surface area contributed by atoms with Gasteiger partial charge in [-0.15, -0.1) is 11.3 Å². The van der Waals surface area contributed by atoms with Crippen LogP contribution in [0.15, 0.2) is 52.3 Å². The van der Waals surface area contributed by atoms with E-state index in [1.165, 1.54) is 16.2 Å². The van der Waals surface area contributed by atoms with Crippen molar-refractivity contribution in [2.24, 2.45) is 11.8 Å². The Hall–Kier alpha value is -3.19. The summed E-state index contributed by atoms with van der Waals surface area (Å²) in [6.07, 6.45) is 0.197. The first kappa shape index (κ1) is 24.9. The Balaban J connectivity index is 1.98. The number of hydrogen-bond acceptors (Lipinski definition) is 5. The monoisotopic (exact) mass is 493 g/mol. The van der Waals surface area contributed by atoms with Gasteiger partial charge in [0.2, 0.25) is 11.7 Å². The molecule has 1 aromatic carbocycles. The SMILES string of the molecule is Cc1ccc(C2C(C(=O)c3ccc(C)o3)C(c3sccc3C)C(C(=O)O)N2C(=O)CC(C)C)cc1. The minimum atomic E-state index is -1.17. The molecule has 7 heteroatoms. The standard InChI is InChI=1S/C28H31NO5S/c1-15(2)14-21(30)29-24(19-9-6-16(3)7-10-19)22(26(31)20-11-8-18(5)34-20)23(25(29)28(32)33)27-17(4)12-13-35-27/h6-13,15,22-25H,14H2,1-5H3,(H,32,33). The Kier molecular flexibility index (Phi) is 6.99. The molecular weight excluding hydrogens is 462 g/mol. The lowest BCUT2D eigenvalue weighted by atomic mass is 9.79. The van der Waals surface area contributed by atoms with Crippen LogP contribution in [0.25, 0.3) is 0 Å². The van der Waals surface area contributed by atoms with Crippen molar-refractivity contribution in [2.75, 3.05) is 0 Å². The number of aryl methyl sites for hydroxylation is 3. The molecule has 0 saturated carbocycles. The van der Waals surface area contributed by atoms with Gasteiger partial charge in [-0.1, -0.05) is 43.7 Å². The molecular formula is C28H31NO5S. The number of aliphatic carboxylic acids is 1. The van der Waals surface area contributed by atoms with Gasteiger partial charge in [0, 0.05) is 17.2 Å². The second-order valence-electron chi connectivity index (χ2n) is 9.83. The van der Waals surface area contributed by atoms with Gasteiger partial charge in [0.15, 0.2) is 5.76 Å². The summed E-state index contributed by atoms with van der Waals surface area (Å²) in [5, 5.41) is 12.4. The number of furan rings is 1. The average molecular weight is 494 g/mol. The summed E-state index contributed by atoms with van der Waals surface area (Å²) < 4.78 is 5.72. The second kappa shape index (κ2) is 9.82. The van der Waals surface area contributed by atoms with E-state index in [2.05, 4.69) is 0 Å². The molecule has 1 aliphatic heterocycles. The zero-order valence-corrected chi connectivity index (χ0v) is 21.5. The van der Waals surface area contributed by atoms with Crippen molar-refractivity contribution in [3.8, 4) is 0 Å². The third-order valence-corrected chi connectivity index (χ3v) is 7.82. The number of carbonyl (C=O) groups excluding carboxylic acids is 2. The zero-order chi connectivity index (χ0) is 25.4. The predicted molar refractivity (Wildman–Crippen MR) is 135 cm³/mol. The van der Waals surface area contributed by atoms with E-state index < -0.39 is 29.9 Å². The summed E-state index contributed by atoms with van der Waals surface area (Å²) in [4.78, 5) is 42.8. The summed E-state index contributed by atoms with van der Waals surface area (Å²) in [6.45, 7) is 9.51. The summed E-state index contributed by atoms with van der Waals surface area (Å²) in [5.41, 5.74) is 2.70. The van der Waals surface area contributed by atoms with Crippen LogP contribution in [0.4, 0.5) is 0 Å². The number of amides is 1. The van der Waals surface area contributed by atoms with Crippen LogP contribution in [0.5, 0.6) is 0 Å². The normalized spacial score (nSPS) is 22.1. The molecule has 1 aliphatic rings. The second-order valence-corrected chi connectivity index (χ2v) is 10.8. The predicted octanol–water partition coefficient (Wildman–Crippen LogP) is 5.93. The van der Waals surface area contributed by atoms with Gasteiger partial charge < -0.3 is 14.4 Å². The van der Waals surface area contributed by atoms with E-state index in [9.17, 15) is 19.5 Å². The van der Waals surface area contributed by atoms with Gasteiger partial charge in [0.25, 0.3) is 0 Å². The number of benzene rings is 1. The maximum atomic E-state index is 14.1. The van der Waals surface area contributed by atoms with E-state index >= 15 is 0 Å². The molecule has 0 bridgehead atoms. The molecule has 1 amide bonds. The van der Waals surface area contributed by atoms with Crippen LogP contribution < -0.4 is 0 Å². The molecule has 4 rings (SSSR count). The third kappa shape index (κ3) is 4.69. The van der Waals surface area contributed by atoms with Crippen molar-refractivity contribution in [2.45, 2.75) is 59.0 Å². The zero-order valence-electron chi connectivity index (χ0n) is 20.6. The van der Waals surface area contributed by atoms with Crippen molar-refractivity contribution >= 4 is 29.0 Å². The van der Waals surface area contributed by atoms with Crippen LogP contribution in [0, 0.1) is 32.6 Å². The molecule has 1 fully saturated rings. The Morgan fingerprint density at radius 2 is 1.71 bits per heavy atom. The van der Waals surface area contributed by atoms with Crippen LogP contribution in [0.1, 0.15) is 70.1 Å². The molecule has 0 spiro atoms. The lowest BCUT2D eigenvalue weighted by Crippen LogP contribution is -2.44. The molecule has 184 valence electrons. The summed E-state index contributed by atoms with van der Waals surface area (Å²) >= 11 is 1.43. The fourth-order valence-electron chi connectivity index (χ4n) is 5.15. The van der Waals surface area contributed by atoms with Crippen molar-refractivity contribution in [1.82, 2.24) is 4.90 Å². The molecule has 2 aromatic heterocycles. The summed E-state index contributed by atoms with van der Waals surface area (Å²) in [5.74, 6) is -2.33. The first-order chi connectivity index (χ1) is 16.6. The largest absolute Gasteiger partial charge is 0.480 e. The van der Waals surface area contributed by atoms with Gasteiger partial charge in [0.1, 0.15) is 11.8 Å². The number of hydrogen-bond donors (Lipinski definition) is 1. The molecule has 4 unspecified atom stereocenters. The molecule has 4 atom stereocenters. The van der Waals surface area contributed by atoms with Gasteiger partial charge in [-0.3, -0.25) is 9.59 Å². The first-order valence-corrected chi connectivity index (χ1v) is 12.7. The van der Waals surface area contributed by atoms with Crippen LogP contribution in [-0.4, -0.2) is 33.7 Å². The first-order valence-electron chi connectivity index (χ1n) is 11.8. The number of rotatable bonds is 7. The fraction of sp³-hybridized carbons (Fsp3) is 0.393. The van der Waals surface area contributed by atoms with Gasteiger partial charge in [0.05, 0.1) is 12.0 Å². The molecule has 35 heavy (non-hydrogen) atoms. The van der Waals surface area contributed by atoms with E-state index in [1.54, 1.807) is 19.1 Å². The van der Waals surface area contributed by atoms with Crippen LogP contribution in [0.2, 0.25) is 0 Å². The summed E-state index contributed by atoms with van der Waals surface area (Å²) in [7, 11) is 0. The molecule has 3 heterocycles. The number of carbonyl (C=O) groups is 3. The molecule has 0 aliphatic carbocycles. The highest BCUT2D eigenvalue weighted by Gasteiger charge is 2.58. The Morgan fingerprint density at radius 3 is 2.23 bits per heavy atom. The highest BCUT2D eigenvalue weighted by atomic mass is 32.1. The number of carboxylic acid groups (broad SMARTS) is 1. The fourth-order valence-corrected chi connectivity index (χ4v) is 6.26. The van der Waals surface area contributed by atoms with Crippen LogP contribution in [-0.2, 0) is 9.59 Å². The maximum absolute atomic E-state index is 14.1. The molecule has 3 aromatic rings. The number of likely N-dealkylation sites (tertiary alicyclic amines) is 1. The van der Waals surface area contributed by atoms with E-state index in [0.717, 1.165) is 21.6 Å². The van der Waals surface area contributed by atoms with Crippen LogP contribution in [0.3, 0.4) is 0 Å². The quantitative estimate of drug-likeness (QED) is 0.412. The number of carboxylic acids is 1. The third-order valence-electron chi connectivity index (χ3n) is 6.70. The topological polar surface area (TPSA) is 87.8 Å². The van der Waals surface area contributed by atoms with Gasteiger partial charge in [-0.2, -0.15) is 0 Å². The highest BCUT2D eigenvalue weighted by Crippen LogP contribution is 2.53. The minimum absolute atomic E-state index is 0.0417. The van der Waals surface area contributed by atoms with E-state index in [4.69, 9.17) is 4.42 Å². The molecule has 1 saturated heterocycles. The number of Topliss-reactive ketones (excluding diaryl/α,β-unsaturated/α-hetero) is 1. The van der Waals surface area contributed by atoms with Gasteiger partial charge in [-0.05, 0) is 61.4 Å². The van der Waals surface area contributed by atoms with Gasteiger partial charge >= 0.3 is 5.97 Å². The van der Waals surface area contributed by atoms with Crippen LogP contribution >= 0.6 is 11.3 Å². The van der Waals surface area contributed by atoms with Crippen molar-refractivity contribution in [3.63, 3.8) is 0 Å². The van der Waals surface area contributed by atoms with E-state index in [-0.39, 0.29) is 29.8 Å². The summed E-state index contributed by atoms with van der Waals surface area (Å²) in [6, 6.07) is 11.0. The number of thiophene rings is 1. The maximum Gasteiger partial charge on any atom is 0.327 e. The average Bonchev–Trinajstić information content (AvgIpc) is 3.49. The molecule has 0 radical (unpaired) electrons. The smallest absolute Gasteiger partial charge is 0.327 e. The molecule has 6 nitrogen and oxygen atoms in total. The molecule has 1 N–H and O–H groups in total. The van der Waals surface area contributed by atoms with E-state index in [1.807, 2.05) is 63.4 Å². The number of ketones is 1. The highest BCUT2D eigenvalue weighted by molar-refractivity contribution is 7.10. The van der Waals surface area contributed by atoms with Crippen molar-refractivity contribution in [1.29, 1.82) is 0 Å². The lowest BCUT2D eigenvalue weighted by molar-refractivity contribution is -0.150. The Bertz CT molecular complexity index is 1240. The Labute approximate surface area is 209 Å². The van der Waals surface area contributed by atoms with Gasteiger partial charge in [-0.25, -0.2) is 4.79 Å². The lowest BCUT2D eigenvalue weighted by Gasteiger charge is -2.31. The van der Waals surface area contributed by atoms with Crippen molar-refractivity contribution < 1.29 is 23.9 Å². The van der Waals surface area contributed by atoms with E-state index in [0.29, 0.717) is 5.76 Å².